The van der Waals surface area contributed by atoms with Crippen molar-refractivity contribution in [2.24, 2.45) is 0 Å². The summed E-state index contributed by atoms with van der Waals surface area (Å²) in [5.41, 5.74) is 3.82. The topological polar surface area (TPSA) is 45.9 Å². The van der Waals surface area contributed by atoms with Crippen LogP contribution in [-0.4, -0.2) is 16.9 Å². The van der Waals surface area contributed by atoms with E-state index in [0.29, 0.717) is 41.2 Å². The van der Waals surface area contributed by atoms with Crippen molar-refractivity contribution in [3.63, 3.8) is 0 Å². The number of nitrogens with zero attached hydrogens (tertiary/aromatic N) is 2. The third kappa shape index (κ3) is 4.12. The van der Waals surface area contributed by atoms with E-state index in [1.165, 1.54) is 16.7 Å². The largest absolute Gasteiger partial charge is 0.359 e. The van der Waals surface area contributed by atoms with E-state index < -0.39 is 6.04 Å². The Morgan fingerprint density at radius 1 is 0.939 bits per heavy atom. The van der Waals surface area contributed by atoms with E-state index in [2.05, 4.69) is 5.32 Å². The maximum absolute atomic E-state index is 14.9. The van der Waals surface area contributed by atoms with Crippen molar-refractivity contribution in [3.05, 3.63) is 113 Å². The Morgan fingerprint density at radius 2 is 1.70 bits per heavy atom. The molecule has 0 amide bonds. The van der Waals surface area contributed by atoms with Crippen molar-refractivity contribution in [3.8, 4) is 11.3 Å². The van der Waals surface area contributed by atoms with Crippen LogP contribution in [0.15, 0.2) is 79.0 Å². The van der Waals surface area contributed by atoms with Crippen LogP contribution in [0.25, 0.3) is 11.3 Å². The molecule has 33 heavy (non-hydrogen) atoms. The molecule has 1 aliphatic heterocycles. The molecule has 0 aliphatic carbocycles. The summed E-state index contributed by atoms with van der Waals surface area (Å²) in [7, 11) is 0. The summed E-state index contributed by atoms with van der Waals surface area (Å²) in [5, 5.41) is 3.30. The van der Waals surface area contributed by atoms with Crippen LogP contribution in [0, 0.1) is 18.6 Å². The Balaban J connectivity index is 1.57. The van der Waals surface area contributed by atoms with Gasteiger partial charge in [0.1, 0.15) is 29.2 Å². The highest BCUT2D eigenvalue weighted by molar-refractivity contribution is 5.82. The van der Waals surface area contributed by atoms with Gasteiger partial charge in [0.2, 0.25) is 0 Å². The number of hydrogen-bond donors (Lipinski definition) is 1. The average Bonchev–Trinajstić information content (AvgIpc) is 3.13. The van der Waals surface area contributed by atoms with Gasteiger partial charge < -0.3 is 0 Å². The third-order valence-corrected chi connectivity index (χ3v) is 5.90. The molecular weight excluding hydrogens is 420 g/mol. The Labute approximate surface area is 190 Å². The fourth-order valence-electron chi connectivity index (χ4n) is 4.16. The highest BCUT2D eigenvalue weighted by Crippen LogP contribution is 2.27. The highest BCUT2D eigenvalue weighted by Gasteiger charge is 2.41. The van der Waals surface area contributed by atoms with Gasteiger partial charge in [-0.2, -0.15) is 4.57 Å². The molecule has 2 heterocycles. The number of fused-ring (bicyclic) bond motifs is 1. The smallest absolute Gasteiger partial charge is 0.258 e. The summed E-state index contributed by atoms with van der Waals surface area (Å²) in [6, 6.07) is 20.6. The molecule has 0 spiro atoms. The molecule has 0 bridgehead atoms. The summed E-state index contributed by atoms with van der Waals surface area (Å²) in [6.45, 7) is 1.70. The molecule has 6 heteroatoms. The van der Waals surface area contributed by atoms with Crippen LogP contribution in [0.1, 0.15) is 27.2 Å². The number of carbonyl (C=O) groups excluding carboxylic acids is 1. The lowest BCUT2D eigenvalue weighted by Gasteiger charge is -2.09. The van der Waals surface area contributed by atoms with Gasteiger partial charge in [0.25, 0.3) is 0 Å². The maximum atomic E-state index is 14.9. The summed E-state index contributed by atoms with van der Waals surface area (Å²) >= 11 is 0. The zero-order chi connectivity index (χ0) is 22.9. The van der Waals surface area contributed by atoms with Crippen LogP contribution in [-0.2, 0) is 12.8 Å². The molecule has 4 aromatic rings. The molecule has 0 saturated heterocycles. The molecule has 1 atom stereocenters. The van der Waals surface area contributed by atoms with E-state index >= 15 is 0 Å². The summed E-state index contributed by atoms with van der Waals surface area (Å²) in [6.07, 6.45) is 2.49. The van der Waals surface area contributed by atoms with Gasteiger partial charge in [0.15, 0.2) is 6.04 Å². The molecule has 1 aliphatic rings. The van der Waals surface area contributed by atoms with Crippen molar-refractivity contribution in [1.29, 1.82) is 0 Å². The van der Waals surface area contributed by atoms with Crippen molar-refractivity contribution < 1.29 is 18.1 Å². The van der Waals surface area contributed by atoms with E-state index in [1.54, 1.807) is 43.5 Å². The lowest BCUT2D eigenvalue weighted by molar-refractivity contribution is -0.552. The molecule has 0 radical (unpaired) electrons. The van der Waals surface area contributed by atoms with Gasteiger partial charge in [-0.25, -0.2) is 18.6 Å². The van der Waals surface area contributed by atoms with E-state index in [4.69, 9.17) is 4.98 Å². The SMILES string of the molecule is Cc1cccc(-c2c[n+]3c(c(Cc4ccccc4)n2)NC(Cc2ccc(F)cc2)C3=O)c1F. The number of benzene rings is 3. The van der Waals surface area contributed by atoms with E-state index in [0.717, 1.165) is 11.1 Å². The van der Waals surface area contributed by atoms with Gasteiger partial charge in [-0.3, -0.25) is 5.32 Å². The first-order chi connectivity index (χ1) is 16.0. The van der Waals surface area contributed by atoms with Crippen molar-refractivity contribution in [2.45, 2.75) is 25.8 Å². The van der Waals surface area contributed by atoms with Crippen LogP contribution in [0.5, 0.6) is 0 Å². The Bertz CT molecular complexity index is 1340. The zero-order valence-electron chi connectivity index (χ0n) is 18.1. The van der Waals surface area contributed by atoms with Gasteiger partial charge in [0.05, 0.1) is 0 Å². The quantitative estimate of drug-likeness (QED) is 0.448. The van der Waals surface area contributed by atoms with Crippen LogP contribution in [0.4, 0.5) is 14.6 Å². The van der Waals surface area contributed by atoms with Crippen molar-refractivity contribution in [2.75, 3.05) is 5.32 Å². The third-order valence-electron chi connectivity index (χ3n) is 5.90. The Hall–Kier alpha value is -3.93. The first kappa shape index (κ1) is 20.9. The molecule has 5 rings (SSSR count). The molecule has 0 fully saturated rings. The first-order valence-electron chi connectivity index (χ1n) is 10.8. The van der Waals surface area contributed by atoms with Crippen LogP contribution < -0.4 is 9.88 Å². The lowest BCUT2D eigenvalue weighted by atomic mass is 10.1. The van der Waals surface area contributed by atoms with Crippen LogP contribution in [0.3, 0.4) is 0 Å². The van der Waals surface area contributed by atoms with Crippen LogP contribution in [0.2, 0.25) is 0 Å². The van der Waals surface area contributed by atoms with Gasteiger partial charge in [0, 0.05) is 18.4 Å². The predicted octanol–water partition coefficient (Wildman–Crippen LogP) is 4.89. The molecule has 4 nitrogen and oxygen atoms in total. The fraction of sp³-hybridized carbons (Fsp3) is 0.148. The fourth-order valence-corrected chi connectivity index (χ4v) is 4.16. The lowest BCUT2D eigenvalue weighted by Crippen LogP contribution is -2.44. The second kappa shape index (κ2) is 8.54. The van der Waals surface area contributed by atoms with Gasteiger partial charge >= 0.3 is 11.7 Å². The second-order valence-corrected chi connectivity index (χ2v) is 8.26. The Kier molecular flexibility index (Phi) is 5.42. The van der Waals surface area contributed by atoms with Crippen molar-refractivity contribution in [1.82, 2.24) is 4.98 Å². The number of nitrogens with one attached hydrogen (secondary N) is 1. The maximum Gasteiger partial charge on any atom is 0.359 e. The number of hydrogen-bond acceptors (Lipinski definition) is 3. The summed E-state index contributed by atoms with van der Waals surface area (Å²) in [4.78, 5) is 18.1. The molecule has 0 saturated carbocycles. The number of aromatic nitrogens is 2. The van der Waals surface area contributed by atoms with Gasteiger partial charge in [-0.1, -0.05) is 54.6 Å². The zero-order valence-corrected chi connectivity index (χ0v) is 18.1. The number of carbonyl (C=O) groups is 1. The summed E-state index contributed by atoms with van der Waals surface area (Å²) in [5.74, 6) is -0.216. The second-order valence-electron chi connectivity index (χ2n) is 8.26. The minimum atomic E-state index is -0.524. The van der Waals surface area contributed by atoms with E-state index in [-0.39, 0.29) is 17.5 Å². The molecular formula is C27H22F2N3O+. The monoisotopic (exact) mass is 442 g/mol. The van der Waals surface area contributed by atoms with E-state index in [1.807, 2.05) is 30.3 Å². The molecule has 1 unspecified atom stereocenters. The van der Waals surface area contributed by atoms with Gasteiger partial charge in [-0.15, -0.1) is 0 Å². The standard InChI is InChI=1S/C27H21F2N3O/c1-17-6-5-9-21(25(17)29)24-16-32-26(22(30-24)14-18-7-3-2-4-8-18)31-23(27(32)33)15-19-10-12-20(28)13-11-19/h2-13,16,23H,14-15H2,1H3/p+1. The molecule has 1 aromatic heterocycles. The number of anilines is 1. The molecule has 3 aromatic carbocycles. The highest BCUT2D eigenvalue weighted by atomic mass is 19.1. The normalized spacial score (nSPS) is 14.8. The number of aryl methyl sites for hydroxylation is 1. The molecule has 1 N–H and O–H groups in total. The molecule has 164 valence electrons. The predicted molar refractivity (Wildman–Crippen MR) is 122 cm³/mol. The van der Waals surface area contributed by atoms with Crippen molar-refractivity contribution >= 4 is 11.7 Å². The minimum Gasteiger partial charge on any atom is -0.258 e. The Morgan fingerprint density at radius 3 is 2.45 bits per heavy atom. The number of rotatable bonds is 5. The van der Waals surface area contributed by atoms with Gasteiger partial charge in [-0.05, 0) is 41.8 Å². The van der Waals surface area contributed by atoms with Crippen LogP contribution >= 0.6 is 0 Å². The first-order valence-corrected chi connectivity index (χ1v) is 10.8. The minimum absolute atomic E-state index is 0.152. The van der Waals surface area contributed by atoms with E-state index in [9.17, 15) is 13.6 Å². The summed E-state index contributed by atoms with van der Waals surface area (Å²) < 4.78 is 29.7. The number of halogens is 2. The average molecular weight is 442 g/mol.